The molecule has 0 saturated heterocycles. The molecule has 66 valence electrons. The number of H-pyrrole nitrogens is 1. The van der Waals surface area contributed by atoms with Gasteiger partial charge in [0.15, 0.2) is 5.78 Å². The lowest BCUT2D eigenvalue weighted by Gasteiger charge is -1.89. The first-order chi connectivity index (χ1) is 6.20. The van der Waals surface area contributed by atoms with E-state index in [-0.39, 0.29) is 11.3 Å². The first-order valence-electron chi connectivity index (χ1n) is 3.66. The summed E-state index contributed by atoms with van der Waals surface area (Å²) in [4.78, 5) is 29.4. The predicted octanol–water partition coefficient (Wildman–Crippen LogP) is 1.19. The van der Waals surface area contributed by atoms with Crippen molar-refractivity contribution in [1.29, 1.82) is 0 Å². The van der Waals surface area contributed by atoms with Crippen molar-refractivity contribution in [2.45, 2.75) is 6.92 Å². The van der Waals surface area contributed by atoms with Crippen molar-refractivity contribution < 1.29 is 4.79 Å². The lowest BCUT2D eigenvalue weighted by Crippen LogP contribution is -2.07. The number of nitrogens with zero attached hydrogens (tertiary/aromatic N) is 1. The quantitative estimate of drug-likeness (QED) is 0.693. The summed E-state index contributed by atoms with van der Waals surface area (Å²) in [6.45, 7) is 1.44. The van der Waals surface area contributed by atoms with Gasteiger partial charge >= 0.3 is 0 Å². The molecule has 0 bridgehead atoms. The molecular weight excluding hydrogens is 188 g/mol. The van der Waals surface area contributed by atoms with Gasteiger partial charge in [-0.3, -0.25) is 9.59 Å². The maximum atomic E-state index is 11.3. The maximum absolute atomic E-state index is 11.3. The van der Waals surface area contributed by atoms with E-state index in [1.807, 2.05) is 0 Å². The third-order valence-corrected chi connectivity index (χ3v) is 2.64. The molecule has 2 aromatic heterocycles. The molecule has 2 aromatic rings. The predicted molar refractivity (Wildman–Crippen MR) is 50.2 cm³/mol. The third-order valence-electron chi connectivity index (χ3n) is 1.76. The summed E-state index contributed by atoms with van der Waals surface area (Å²) in [5.41, 5.74) is 0.200. The second-order valence-electron chi connectivity index (χ2n) is 2.62. The average molecular weight is 194 g/mol. The summed E-state index contributed by atoms with van der Waals surface area (Å²) in [7, 11) is 0. The van der Waals surface area contributed by atoms with Gasteiger partial charge in [-0.15, -0.1) is 11.3 Å². The molecule has 0 atom stereocenters. The topological polar surface area (TPSA) is 62.8 Å². The lowest BCUT2D eigenvalue weighted by molar-refractivity contribution is 0.101. The molecule has 0 fully saturated rings. The van der Waals surface area contributed by atoms with Crippen molar-refractivity contribution in [2.24, 2.45) is 0 Å². The summed E-state index contributed by atoms with van der Waals surface area (Å²) in [6, 6.07) is 0. The number of thiophene rings is 1. The van der Waals surface area contributed by atoms with Gasteiger partial charge in [0.25, 0.3) is 5.56 Å². The first kappa shape index (κ1) is 8.12. The molecule has 0 aliphatic carbocycles. The second-order valence-corrected chi connectivity index (χ2v) is 3.48. The van der Waals surface area contributed by atoms with E-state index in [9.17, 15) is 9.59 Å². The number of Topliss-reactive ketones (excluding diaryl/α,β-unsaturated/α-hetero) is 1. The molecule has 0 aromatic carbocycles. The van der Waals surface area contributed by atoms with Crippen molar-refractivity contribution >= 4 is 27.3 Å². The Morgan fingerprint density at radius 2 is 2.38 bits per heavy atom. The van der Waals surface area contributed by atoms with Gasteiger partial charge < -0.3 is 4.98 Å². The molecule has 0 aliphatic rings. The van der Waals surface area contributed by atoms with Crippen LogP contribution in [0.4, 0.5) is 0 Å². The summed E-state index contributed by atoms with van der Waals surface area (Å²) in [5.74, 6) is -0.107. The number of hydrogen-bond donors (Lipinski definition) is 1. The Morgan fingerprint density at radius 1 is 1.62 bits per heavy atom. The molecule has 0 unspecified atom stereocenters. The minimum Gasteiger partial charge on any atom is -0.313 e. The smallest absolute Gasteiger partial charge is 0.260 e. The molecular formula is C8H6N2O2S. The normalized spacial score (nSPS) is 10.5. The fourth-order valence-corrected chi connectivity index (χ4v) is 2.09. The van der Waals surface area contributed by atoms with Crippen LogP contribution in [0.1, 0.15) is 17.3 Å². The molecule has 5 heteroatoms. The van der Waals surface area contributed by atoms with Crippen LogP contribution in [0.2, 0.25) is 0 Å². The third kappa shape index (κ3) is 1.17. The number of aromatic amines is 1. The van der Waals surface area contributed by atoms with Crippen molar-refractivity contribution in [3.63, 3.8) is 0 Å². The monoisotopic (exact) mass is 194 g/mol. The van der Waals surface area contributed by atoms with Gasteiger partial charge in [-0.2, -0.15) is 0 Å². The Kier molecular flexibility index (Phi) is 1.73. The highest BCUT2D eigenvalue weighted by Gasteiger charge is 2.11. The second kappa shape index (κ2) is 2.77. The standard InChI is InChI=1S/C8H6N2O2S/c1-4(11)5-2-13-8-6(5)7(12)9-3-10-8/h2-3H,1H3,(H,9,10,12). The number of aromatic nitrogens is 2. The van der Waals surface area contributed by atoms with Crippen molar-refractivity contribution in [3.8, 4) is 0 Å². The summed E-state index contributed by atoms with van der Waals surface area (Å²) >= 11 is 1.30. The van der Waals surface area contributed by atoms with Gasteiger partial charge in [0, 0.05) is 10.9 Å². The lowest BCUT2D eigenvalue weighted by atomic mass is 10.2. The highest BCUT2D eigenvalue weighted by molar-refractivity contribution is 7.17. The molecule has 2 rings (SSSR count). The molecule has 0 amide bonds. The summed E-state index contributed by atoms with van der Waals surface area (Å²) in [5, 5.41) is 2.06. The van der Waals surface area contributed by atoms with E-state index < -0.39 is 0 Å². The van der Waals surface area contributed by atoms with Crippen molar-refractivity contribution in [2.75, 3.05) is 0 Å². The largest absolute Gasteiger partial charge is 0.313 e. The van der Waals surface area contributed by atoms with Crippen LogP contribution in [0.5, 0.6) is 0 Å². The zero-order chi connectivity index (χ0) is 9.42. The highest BCUT2D eigenvalue weighted by atomic mass is 32.1. The van der Waals surface area contributed by atoms with Gasteiger partial charge in [-0.25, -0.2) is 4.98 Å². The molecule has 0 aliphatic heterocycles. The Bertz CT molecular complexity index is 526. The van der Waals surface area contributed by atoms with Crippen LogP contribution in [0, 0.1) is 0 Å². The van der Waals surface area contributed by atoms with E-state index in [2.05, 4.69) is 9.97 Å². The minimum atomic E-state index is -0.253. The van der Waals surface area contributed by atoms with E-state index in [1.54, 1.807) is 5.38 Å². The van der Waals surface area contributed by atoms with Gasteiger partial charge in [-0.05, 0) is 6.92 Å². The fraction of sp³-hybridized carbons (Fsp3) is 0.125. The van der Waals surface area contributed by atoms with Crippen molar-refractivity contribution in [3.05, 3.63) is 27.6 Å². The number of fused-ring (bicyclic) bond motifs is 1. The average Bonchev–Trinajstić information content (AvgIpc) is 2.49. The Balaban J connectivity index is 2.95. The molecule has 2 heterocycles. The summed E-state index contributed by atoms with van der Waals surface area (Å²) in [6.07, 6.45) is 1.34. The van der Waals surface area contributed by atoms with Crippen LogP contribution in [-0.4, -0.2) is 15.8 Å². The van der Waals surface area contributed by atoms with Crippen LogP contribution >= 0.6 is 11.3 Å². The number of nitrogens with one attached hydrogen (secondary N) is 1. The Hall–Kier alpha value is -1.49. The highest BCUT2D eigenvalue weighted by Crippen LogP contribution is 2.20. The van der Waals surface area contributed by atoms with Crippen LogP contribution in [0.15, 0.2) is 16.5 Å². The maximum Gasteiger partial charge on any atom is 0.260 e. The van der Waals surface area contributed by atoms with E-state index in [4.69, 9.17) is 0 Å². The van der Waals surface area contributed by atoms with Crippen LogP contribution in [-0.2, 0) is 0 Å². The van der Waals surface area contributed by atoms with Gasteiger partial charge in [0.1, 0.15) is 4.83 Å². The Labute approximate surface area is 77.2 Å². The molecule has 13 heavy (non-hydrogen) atoms. The van der Waals surface area contributed by atoms with Crippen LogP contribution in [0.25, 0.3) is 10.2 Å². The van der Waals surface area contributed by atoms with Crippen LogP contribution < -0.4 is 5.56 Å². The molecule has 1 N–H and O–H groups in total. The fourth-order valence-electron chi connectivity index (χ4n) is 1.14. The van der Waals surface area contributed by atoms with Crippen LogP contribution in [0.3, 0.4) is 0 Å². The van der Waals surface area contributed by atoms with Gasteiger partial charge in [0.2, 0.25) is 0 Å². The van der Waals surface area contributed by atoms with E-state index >= 15 is 0 Å². The zero-order valence-corrected chi connectivity index (χ0v) is 7.64. The molecule has 0 spiro atoms. The molecule has 0 saturated carbocycles. The van der Waals surface area contributed by atoms with E-state index in [1.165, 1.54) is 24.6 Å². The number of carbonyl (C=O) groups is 1. The number of rotatable bonds is 1. The van der Waals surface area contributed by atoms with Gasteiger partial charge in [-0.1, -0.05) is 0 Å². The number of hydrogen-bond acceptors (Lipinski definition) is 4. The van der Waals surface area contributed by atoms with E-state index in [0.29, 0.717) is 15.8 Å². The SMILES string of the molecule is CC(=O)c1csc2nc[nH]c(=O)c12. The number of ketones is 1. The first-order valence-corrected chi connectivity index (χ1v) is 4.54. The van der Waals surface area contributed by atoms with Gasteiger partial charge in [0.05, 0.1) is 11.7 Å². The minimum absolute atomic E-state index is 0.107. The molecule has 4 nitrogen and oxygen atoms in total. The van der Waals surface area contributed by atoms with E-state index in [0.717, 1.165) is 0 Å². The Morgan fingerprint density at radius 3 is 3.08 bits per heavy atom. The zero-order valence-electron chi connectivity index (χ0n) is 6.83. The van der Waals surface area contributed by atoms with Crippen molar-refractivity contribution in [1.82, 2.24) is 9.97 Å². The molecule has 0 radical (unpaired) electrons. The number of carbonyl (C=O) groups excluding carboxylic acids is 1. The summed E-state index contributed by atoms with van der Waals surface area (Å²) < 4.78 is 0.